The van der Waals surface area contributed by atoms with E-state index < -0.39 is 17.5 Å². The van der Waals surface area contributed by atoms with Crippen LogP contribution in [0.4, 0.5) is 4.79 Å². The van der Waals surface area contributed by atoms with Crippen molar-refractivity contribution in [3.8, 4) is 0 Å². The Kier molecular flexibility index (Phi) is 4.76. The number of likely N-dealkylation sites (tertiary alicyclic amines) is 1. The zero-order valence-electron chi connectivity index (χ0n) is 14.6. The van der Waals surface area contributed by atoms with Gasteiger partial charge in [-0.05, 0) is 37.8 Å². The number of urea groups is 1. The molecule has 0 bridgehead atoms. The molecule has 1 aromatic rings. The Morgan fingerprint density at radius 2 is 2.04 bits per heavy atom. The lowest BCUT2D eigenvalue weighted by Gasteiger charge is -2.30. The van der Waals surface area contributed by atoms with Crippen LogP contribution in [0.15, 0.2) is 30.3 Å². The number of rotatable bonds is 4. The molecule has 2 saturated heterocycles. The van der Waals surface area contributed by atoms with Crippen LogP contribution in [0.5, 0.6) is 0 Å². The van der Waals surface area contributed by atoms with Crippen molar-refractivity contribution in [2.45, 2.75) is 32.2 Å². The van der Waals surface area contributed by atoms with Gasteiger partial charge >= 0.3 is 6.03 Å². The molecule has 0 aliphatic carbocycles. The molecular weight excluding hydrogens is 320 g/mol. The van der Waals surface area contributed by atoms with Crippen LogP contribution in [0, 0.1) is 5.92 Å². The Bertz CT molecular complexity index is 678. The zero-order chi connectivity index (χ0) is 18.0. The third-order valence-corrected chi connectivity index (χ3v) is 4.89. The summed E-state index contributed by atoms with van der Waals surface area (Å²) in [5.41, 5.74) is 1.96. The molecule has 0 radical (unpaired) electrons. The van der Waals surface area contributed by atoms with E-state index in [9.17, 15) is 14.4 Å². The molecule has 4 amide bonds. The molecule has 2 atom stereocenters. The standard InChI is InChI=1S/C18H24N4O3/c1-13-7-6-10-21(11-13)12-15(23)20-22-16(24)18(2,19-17(22)25)14-8-4-3-5-9-14/h3-5,8-9,13H,6-7,10-12H2,1-2H3,(H,19,25)(H,20,23)/t13-,18+/m0/s1. The number of amides is 4. The number of piperidine rings is 1. The number of carbonyl (C=O) groups excluding carboxylic acids is 3. The van der Waals surface area contributed by atoms with Crippen molar-refractivity contribution in [2.75, 3.05) is 19.6 Å². The first-order valence-electron chi connectivity index (χ1n) is 8.64. The number of benzene rings is 1. The van der Waals surface area contributed by atoms with E-state index in [1.807, 2.05) is 6.07 Å². The minimum Gasteiger partial charge on any atom is -0.318 e. The molecule has 25 heavy (non-hydrogen) atoms. The molecule has 2 fully saturated rings. The Morgan fingerprint density at radius 1 is 1.32 bits per heavy atom. The van der Waals surface area contributed by atoms with Crippen molar-refractivity contribution in [3.63, 3.8) is 0 Å². The second-order valence-electron chi connectivity index (χ2n) is 7.08. The van der Waals surface area contributed by atoms with E-state index in [0.29, 0.717) is 11.5 Å². The summed E-state index contributed by atoms with van der Waals surface area (Å²) in [5, 5.41) is 3.47. The van der Waals surface area contributed by atoms with Crippen LogP contribution < -0.4 is 10.7 Å². The molecule has 1 aromatic carbocycles. The number of hydrogen-bond acceptors (Lipinski definition) is 4. The molecule has 0 aromatic heterocycles. The van der Waals surface area contributed by atoms with Crippen LogP contribution >= 0.6 is 0 Å². The van der Waals surface area contributed by atoms with Crippen LogP contribution in [0.25, 0.3) is 0 Å². The molecule has 7 heteroatoms. The lowest BCUT2D eigenvalue weighted by Crippen LogP contribution is -2.51. The van der Waals surface area contributed by atoms with Crippen molar-refractivity contribution in [1.82, 2.24) is 20.7 Å². The topological polar surface area (TPSA) is 81.8 Å². The first-order chi connectivity index (χ1) is 11.9. The van der Waals surface area contributed by atoms with Crippen molar-refractivity contribution in [1.29, 1.82) is 0 Å². The predicted molar refractivity (Wildman–Crippen MR) is 92.2 cm³/mol. The normalized spacial score (nSPS) is 27.3. The van der Waals surface area contributed by atoms with Gasteiger partial charge in [-0.1, -0.05) is 37.3 Å². The molecule has 2 heterocycles. The average Bonchev–Trinajstić information content (AvgIpc) is 2.80. The smallest absolute Gasteiger partial charge is 0.318 e. The second kappa shape index (κ2) is 6.84. The lowest BCUT2D eigenvalue weighted by atomic mass is 9.92. The Labute approximate surface area is 147 Å². The SMILES string of the molecule is C[C@H]1CCCN(CC(=O)NN2C(=O)N[C@](C)(c3ccccc3)C2=O)C1. The van der Waals surface area contributed by atoms with Crippen molar-refractivity contribution in [3.05, 3.63) is 35.9 Å². The molecule has 7 nitrogen and oxygen atoms in total. The van der Waals surface area contributed by atoms with Crippen LogP contribution in [0.1, 0.15) is 32.3 Å². The van der Waals surface area contributed by atoms with Crippen molar-refractivity contribution >= 4 is 17.8 Å². The fourth-order valence-electron chi connectivity index (χ4n) is 3.50. The van der Waals surface area contributed by atoms with E-state index in [4.69, 9.17) is 0 Å². The van der Waals surface area contributed by atoms with Crippen LogP contribution in [-0.4, -0.2) is 47.4 Å². The van der Waals surface area contributed by atoms with Crippen LogP contribution in [-0.2, 0) is 15.1 Å². The van der Waals surface area contributed by atoms with E-state index in [1.54, 1.807) is 31.2 Å². The number of hydrazine groups is 1. The largest absolute Gasteiger partial charge is 0.344 e. The summed E-state index contributed by atoms with van der Waals surface area (Å²) in [7, 11) is 0. The number of hydrogen-bond donors (Lipinski definition) is 2. The average molecular weight is 344 g/mol. The summed E-state index contributed by atoms with van der Waals surface area (Å²) in [6.45, 7) is 5.70. The molecule has 0 spiro atoms. The number of nitrogens with zero attached hydrogens (tertiary/aromatic N) is 2. The van der Waals surface area contributed by atoms with Gasteiger partial charge < -0.3 is 5.32 Å². The highest BCUT2D eigenvalue weighted by Gasteiger charge is 2.50. The maximum Gasteiger partial charge on any atom is 0.344 e. The summed E-state index contributed by atoms with van der Waals surface area (Å²) in [6, 6.07) is 8.39. The molecule has 3 rings (SSSR count). The molecule has 0 unspecified atom stereocenters. The second-order valence-corrected chi connectivity index (χ2v) is 7.08. The zero-order valence-corrected chi connectivity index (χ0v) is 14.6. The van der Waals surface area contributed by atoms with Gasteiger partial charge in [-0.2, -0.15) is 5.01 Å². The Hall–Kier alpha value is -2.41. The van der Waals surface area contributed by atoms with Crippen LogP contribution in [0.3, 0.4) is 0 Å². The summed E-state index contributed by atoms with van der Waals surface area (Å²) in [4.78, 5) is 39.3. The molecule has 2 aliphatic rings. The highest BCUT2D eigenvalue weighted by atomic mass is 16.2. The summed E-state index contributed by atoms with van der Waals surface area (Å²) < 4.78 is 0. The fraction of sp³-hybridized carbons (Fsp3) is 0.500. The molecule has 2 N–H and O–H groups in total. The summed E-state index contributed by atoms with van der Waals surface area (Å²) in [5.74, 6) is -0.279. The molecule has 2 aliphatic heterocycles. The van der Waals surface area contributed by atoms with E-state index in [1.165, 1.54) is 6.42 Å². The first-order valence-corrected chi connectivity index (χ1v) is 8.64. The van der Waals surface area contributed by atoms with E-state index >= 15 is 0 Å². The summed E-state index contributed by atoms with van der Waals surface area (Å²) >= 11 is 0. The lowest BCUT2D eigenvalue weighted by molar-refractivity contribution is -0.139. The monoisotopic (exact) mass is 344 g/mol. The number of imide groups is 1. The van der Waals surface area contributed by atoms with Gasteiger partial charge in [-0.3, -0.25) is 19.9 Å². The quantitative estimate of drug-likeness (QED) is 0.805. The van der Waals surface area contributed by atoms with Gasteiger partial charge in [-0.15, -0.1) is 0 Å². The Balaban J connectivity index is 1.66. The number of carbonyl (C=O) groups is 3. The maximum atomic E-state index is 12.7. The highest BCUT2D eigenvalue weighted by Crippen LogP contribution is 2.27. The third-order valence-electron chi connectivity index (χ3n) is 4.89. The van der Waals surface area contributed by atoms with Gasteiger partial charge in [0, 0.05) is 6.54 Å². The molecule has 134 valence electrons. The van der Waals surface area contributed by atoms with Gasteiger partial charge in [0.2, 0.25) is 0 Å². The first kappa shape index (κ1) is 17.4. The molecular formula is C18H24N4O3. The number of nitrogens with one attached hydrogen (secondary N) is 2. The van der Waals surface area contributed by atoms with Crippen LogP contribution in [0.2, 0.25) is 0 Å². The van der Waals surface area contributed by atoms with Gasteiger partial charge in [0.05, 0.1) is 6.54 Å². The fourth-order valence-corrected chi connectivity index (χ4v) is 3.50. The van der Waals surface area contributed by atoms with Gasteiger partial charge in [0.1, 0.15) is 5.54 Å². The van der Waals surface area contributed by atoms with Gasteiger partial charge in [-0.25, -0.2) is 4.79 Å². The van der Waals surface area contributed by atoms with E-state index in [2.05, 4.69) is 22.6 Å². The van der Waals surface area contributed by atoms with E-state index in [-0.39, 0.29) is 12.5 Å². The van der Waals surface area contributed by atoms with E-state index in [0.717, 1.165) is 24.5 Å². The molecule has 0 saturated carbocycles. The Morgan fingerprint density at radius 3 is 2.72 bits per heavy atom. The maximum absolute atomic E-state index is 12.7. The van der Waals surface area contributed by atoms with Gasteiger partial charge in [0.25, 0.3) is 11.8 Å². The third kappa shape index (κ3) is 3.51. The van der Waals surface area contributed by atoms with Gasteiger partial charge in [0.15, 0.2) is 0 Å². The van der Waals surface area contributed by atoms with Crippen molar-refractivity contribution < 1.29 is 14.4 Å². The predicted octanol–water partition coefficient (Wildman–Crippen LogP) is 1.22. The minimum atomic E-state index is -1.18. The summed E-state index contributed by atoms with van der Waals surface area (Å²) in [6.07, 6.45) is 2.23. The minimum absolute atomic E-state index is 0.184. The van der Waals surface area contributed by atoms with Crippen molar-refractivity contribution in [2.24, 2.45) is 5.92 Å². The highest BCUT2D eigenvalue weighted by molar-refractivity contribution is 6.08.